The number of fused-ring (bicyclic) bond motifs is 1. The van der Waals surface area contributed by atoms with Gasteiger partial charge in [0.1, 0.15) is 5.82 Å². The number of nitrogens with one attached hydrogen (secondary N) is 1. The second-order valence-electron chi connectivity index (χ2n) is 5.32. The lowest BCUT2D eigenvalue weighted by Crippen LogP contribution is -2.37. The second-order valence-corrected chi connectivity index (χ2v) is 5.32. The molecule has 0 aromatic heterocycles. The number of rotatable bonds is 3. The average molecular weight is 270 g/mol. The van der Waals surface area contributed by atoms with Crippen LogP contribution < -0.4 is 10.2 Å². The van der Waals surface area contributed by atoms with Gasteiger partial charge in [0, 0.05) is 19.3 Å². The van der Waals surface area contributed by atoms with Crippen LogP contribution in [0, 0.1) is 5.82 Å². The van der Waals surface area contributed by atoms with E-state index >= 15 is 0 Å². The number of nitrogens with zero attached hydrogens (tertiary/aromatic N) is 1. The molecule has 0 aliphatic carbocycles. The predicted octanol–water partition coefficient (Wildman–Crippen LogP) is 3.15. The van der Waals surface area contributed by atoms with E-state index < -0.39 is 0 Å². The first kappa shape index (κ1) is 13.1. The molecule has 0 fully saturated rings. The highest BCUT2D eigenvalue weighted by Crippen LogP contribution is 2.25. The highest BCUT2D eigenvalue weighted by Gasteiger charge is 2.20. The van der Waals surface area contributed by atoms with Crippen molar-refractivity contribution >= 4 is 5.69 Å². The lowest BCUT2D eigenvalue weighted by Gasteiger charge is -2.31. The monoisotopic (exact) mass is 270 g/mol. The largest absolute Gasteiger partial charge is 0.373 e. The van der Waals surface area contributed by atoms with Crippen molar-refractivity contribution in [1.82, 2.24) is 5.32 Å². The molecular weight excluding hydrogens is 251 g/mol. The molecular formula is C17H19FN2. The molecule has 0 spiro atoms. The maximum Gasteiger partial charge on any atom is 0.125 e. The lowest BCUT2D eigenvalue weighted by molar-refractivity contribution is 0.504. The summed E-state index contributed by atoms with van der Waals surface area (Å²) in [7, 11) is 2.01. The van der Waals surface area contributed by atoms with E-state index in [1.54, 1.807) is 12.1 Å². The zero-order valence-corrected chi connectivity index (χ0v) is 11.6. The van der Waals surface area contributed by atoms with E-state index in [2.05, 4.69) is 34.5 Å². The van der Waals surface area contributed by atoms with Gasteiger partial charge in [0.15, 0.2) is 0 Å². The third-order valence-electron chi connectivity index (χ3n) is 3.92. The Morgan fingerprint density at radius 3 is 2.90 bits per heavy atom. The molecule has 0 amide bonds. The smallest absolute Gasteiger partial charge is 0.125 e. The fourth-order valence-electron chi connectivity index (χ4n) is 2.85. The molecule has 2 nitrogen and oxygen atoms in total. The highest BCUT2D eigenvalue weighted by molar-refractivity contribution is 5.46. The minimum atomic E-state index is -0.189. The van der Waals surface area contributed by atoms with Gasteiger partial charge >= 0.3 is 0 Å². The van der Waals surface area contributed by atoms with Crippen molar-refractivity contribution in [2.45, 2.75) is 12.5 Å². The topological polar surface area (TPSA) is 15.3 Å². The Hall–Kier alpha value is -1.87. The minimum Gasteiger partial charge on any atom is -0.373 e. The van der Waals surface area contributed by atoms with Gasteiger partial charge in [-0.25, -0.2) is 4.39 Å². The predicted molar refractivity (Wildman–Crippen MR) is 80.6 cm³/mol. The van der Waals surface area contributed by atoms with Crippen LogP contribution in [0.2, 0.25) is 0 Å². The van der Waals surface area contributed by atoms with Crippen molar-refractivity contribution < 1.29 is 4.39 Å². The summed E-state index contributed by atoms with van der Waals surface area (Å²) in [5.74, 6) is -0.189. The Bertz CT molecular complexity index is 597. The van der Waals surface area contributed by atoms with Gasteiger partial charge in [-0.2, -0.15) is 0 Å². The molecule has 1 N–H and O–H groups in total. The molecule has 0 radical (unpaired) electrons. The molecule has 0 bridgehead atoms. The van der Waals surface area contributed by atoms with Gasteiger partial charge in [-0.1, -0.05) is 30.3 Å². The molecule has 3 rings (SSSR count). The van der Waals surface area contributed by atoms with E-state index in [0.717, 1.165) is 25.2 Å². The van der Waals surface area contributed by atoms with Crippen molar-refractivity contribution in [3.8, 4) is 0 Å². The van der Waals surface area contributed by atoms with Crippen LogP contribution in [0.25, 0.3) is 0 Å². The van der Waals surface area contributed by atoms with Crippen LogP contribution in [0.1, 0.15) is 17.2 Å². The Morgan fingerprint density at radius 1 is 1.20 bits per heavy atom. The molecule has 104 valence electrons. The fourth-order valence-corrected chi connectivity index (χ4v) is 2.85. The van der Waals surface area contributed by atoms with Crippen molar-refractivity contribution in [1.29, 1.82) is 0 Å². The van der Waals surface area contributed by atoms with Crippen LogP contribution in [-0.2, 0) is 6.42 Å². The Labute approximate surface area is 119 Å². The first-order valence-corrected chi connectivity index (χ1v) is 7.02. The third-order valence-corrected chi connectivity index (χ3v) is 3.92. The van der Waals surface area contributed by atoms with Crippen molar-refractivity contribution in [3.05, 3.63) is 65.5 Å². The number of halogens is 1. The summed E-state index contributed by atoms with van der Waals surface area (Å²) in [4.78, 5) is 2.10. The van der Waals surface area contributed by atoms with Crippen LogP contribution in [0.4, 0.5) is 10.1 Å². The third kappa shape index (κ3) is 2.68. The molecule has 1 unspecified atom stereocenters. The van der Waals surface area contributed by atoms with Crippen molar-refractivity contribution in [3.63, 3.8) is 0 Å². The number of anilines is 1. The summed E-state index contributed by atoms with van der Waals surface area (Å²) in [5.41, 5.74) is 3.70. The van der Waals surface area contributed by atoms with Gasteiger partial charge in [-0.3, -0.25) is 0 Å². The molecule has 1 aliphatic heterocycles. The zero-order valence-electron chi connectivity index (χ0n) is 11.6. The minimum absolute atomic E-state index is 0.189. The molecule has 2 aromatic carbocycles. The maximum absolute atomic E-state index is 13.3. The van der Waals surface area contributed by atoms with E-state index in [1.165, 1.54) is 17.2 Å². The standard InChI is InChI=1S/C17H19FN2/c1-20(15-7-4-6-14(18)11-15)12-17-16-8-3-2-5-13(16)9-10-19-17/h2-8,11,17,19H,9-10,12H2,1H3. The van der Waals surface area contributed by atoms with E-state index in [1.807, 2.05) is 13.1 Å². The Morgan fingerprint density at radius 2 is 2.05 bits per heavy atom. The van der Waals surface area contributed by atoms with E-state index in [4.69, 9.17) is 0 Å². The molecule has 3 heteroatoms. The molecule has 2 aromatic rings. The summed E-state index contributed by atoms with van der Waals surface area (Å²) >= 11 is 0. The molecule has 20 heavy (non-hydrogen) atoms. The van der Waals surface area contributed by atoms with Gasteiger partial charge in [0.25, 0.3) is 0 Å². The van der Waals surface area contributed by atoms with Crippen LogP contribution >= 0.6 is 0 Å². The fraction of sp³-hybridized carbons (Fsp3) is 0.294. The number of benzene rings is 2. The molecule has 1 atom stereocenters. The Kier molecular flexibility index (Phi) is 3.70. The Balaban J connectivity index is 1.79. The summed E-state index contributed by atoms with van der Waals surface area (Å²) in [6.45, 7) is 1.83. The highest BCUT2D eigenvalue weighted by atomic mass is 19.1. The van der Waals surface area contributed by atoms with Crippen LogP contribution in [0.15, 0.2) is 48.5 Å². The molecule has 0 saturated carbocycles. The van der Waals surface area contributed by atoms with E-state index in [9.17, 15) is 4.39 Å². The number of hydrogen-bond acceptors (Lipinski definition) is 2. The van der Waals surface area contributed by atoms with Crippen LogP contribution in [0.5, 0.6) is 0 Å². The SMILES string of the molecule is CN(CC1NCCc2ccccc21)c1cccc(F)c1. The average Bonchev–Trinajstić information content (AvgIpc) is 2.47. The van der Waals surface area contributed by atoms with Crippen LogP contribution in [-0.4, -0.2) is 20.1 Å². The van der Waals surface area contributed by atoms with Gasteiger partial charge in [0.05, 0.1) is 6.04 Å². The normalized spacial score (nSPS) is 17.6. The molecule has 0 saturated heterocycles. The first-order chi connectivity index (χ1) is 9.74. The van der Waals surface area contributed by atoms with Gasteiger partial charge in [0.2, 0.25) is 0 Å². The summed E-state index contributed by atoms with van der Waals surface area (Å²) in [6, 6.07) is 15.6. The van der Waals surface area contributed by atoms with Gasteiger partial charge in [-0.05, 0) is 42.3 Å². The lowest BCUT2D eigenvalue weighted by atomic mass is 9.94. The maximum atomic E-state index is 13.3. The second kappa shape index (κ2) is 5.63. The summed E-state index contributed by atoms with van der Waals surface area (Å²) in [5, 5.41) is 3.56. The molecule has 1 heterocycles. The van der Waals surface area contributed by atoms with E-state index in [0.29, 0.717) is 6.04 Å². The molecule has 1 aliphatic rings. The zero-order chi connectivity index (χ0) is 13.9. The van der Waals surface area contributed by atoms with Gasteiger partial charge < -0.3 is 10.2 Å². The first-order valence-electron chi connectivity index (χ1n) is 7.02. The van der Waals surface area contributed by atoms with E-state index in [-0.39, 0.29) is 5.82 Å². The van der Waals surface area contributed by atoms with Crippen molar-refractivity contribution in [2.24, 2.45) is 0 Å². The quantitative estimate of drug-likeness (QED) is 0.921. The van der Waals surface area contributed by atoms with Crippen LogP contribution in [0.3, 0.4) is 0 Å². The summed E-state index contributed by atoms with van der Waals surface area (Å²) in [6.07, 6.45) is 1.08. The van der Waals surface area contributed by atoms with Gasteiger partial charge in [-0.15, -0.1) is 0 Å². The van der Waals surface area contributed by atoms with Crippen molar-refractivity contribution in [2.75, 3.05) is 25.0 Å². The number of hydrogen-bond donors (Lipinski definition) is 1. The number of likely N-dealkylation sites (N-methyl/N-ethyl adjacent to an activating group) is 1. The summed E-state index contributed by atoms with van der Waals surface area (Å²) < 4.78 is 13.3.